The van der Waals surface area contributed by atoms with Crippen LogP contribution in [0.2, 0.25) is 0 Å². The quantitative estimate of drug-likeness (QED) is 0.712. The van der Waals surface area contributed by atoms with Gasteiger partial charge in [-0.25, -0.2) is 15.0 Å². The van der Waals surface area contributed by atoms with Crippen LogP contribution in [0.25, 0.3) is 5.95 Å². The number of nitrogens with one attached hydrogen (secondary N) is 1. The van der Waals surface area contributed by atoms with Gasteiger partial charge in [-0.05, 0) is 34.1 Å². The molecule has 2 heterocycles. The summed E-state index contributed by atoms with van der Waals surface area (Å²) in [7, 11) is 0. The monoisotopic (exact) mass is 411 g/mol. The average Bonchev–Trinajstić information content (AvgIpc) is 3.09. The molecule has 0 aliphatic heterocycles. The third kappa shape index (κ3) is 3.85. The fourth-order valence-corrected chi connectivity index (χ4v) is 2.35. The van der Waals surface area contributed by atoms with E-state index >= 15 is 0 Å². The second-order valence-corrected chi connectivity index (χ2v) is 5.72. The van der Waals surface area contributed by atoms with Crippen LogP contribution in [0.15, 0.2) is 53.7 Å². The molecule has 0 aliphatic carbocycles. The van der Waals surface area contributed by atoms with Gasteiger partial charge in [-0.1, -0.05) is 6.07 Å². The number of hydrogen-bond acceptors (Lipinski definition) is 4. The maximum absolute atomic E-state index is 12.8. The minimum absolute atomic E-state index is 0.00881. The molecular weight excluding hydrogens is 403 g/mol. The minimum Gasteiger partial charge on any atom is -0.321 e. The largest absolute Gasteiger partial charge is 0.416 e. The van der Waals surface area contributed by atoms with Gasteiger partial charge in [0.2, 0.25) is 5.95 Å². The number of hydrogen-bond donors (Lipinski definition) is 1. The topological polar surface area (TPSA) is 72.7 Å². The predicted octanol–water partition coefficient (Wildman–Crippen LogP) is 3.70. The molecule has 0 radical (unpaired) electrons. The lowest BCUT2D eigenvalue weighted by molar-refractivity contribution is -0.137. The van der Waals surface area contributed by atoms with E-state index in [2.05, 4.69) is 36.2 Å². The summed E-state index contributed by atoms with van der Waals surface area (Å²) < 4.78 is 40.1. The summed E-state index contributed by atoms with van der Waals surface area (Å²) in [5.41, 5.74) is -0.864. The molecule has 1 aromatic carbocycles. The molecule has 3 rings (SSSR count). The van der Waals surface area contributed by atoms with Crippen molar-refractivity contribution in [2.24, 2.45) is 0 Å². The molecule has 2 aromatic heterocycles. The van der Waals surface area contributed by atoms with E-state index in [0.29, 0.717) is 4.47 Å². The molecule has 0 spiro atoms. The molecule has 1 N–H and O–H groups in total. The molecule has 0 atom stereocenters. The van der Waals surface area contributed by atoms with E-state index in [-0.39, 0.29) is 17.3 Å². The van der Waals surface area contributed by atoms with Gasteiger partial charge in [0.25, 0.3) is 5.91 Å². The molecule has 0 unspecified atom stereocenters. The van der Waals surface area contributed by atoms with Crippen LogP contribution in [0.1, 0.15) is 16.1 Å². The highest BCUT2D eigenvalue weighted by atomic mass is 79.9. The van der Waals surface area contributed by atoms with Crippen molar-refractivity contribution in [1.82, 2.24) is 19.5 Å². The highest BCUT2D eigenvalue weighted by Gasteiger charge is 2.30. The van der Waals surface area contributed by atoms with Crippen molar-refractivity contribution >= 4 is 27.5 Å². The molecule has 0 fully saturated rings. The SMILES string of the molecule is O=C(Nc1cccc(C(F)(F)F)c1)c1nc(-n2ccnc2)ncc1Br. The zero-order valence-corrected chi connectivity index (χ0v) is 13.9. The Bertz CT molecular complexity index is 912. The summed E-state index contributed by atoms with van der Waals surface area (Å²) in [6.45, 7) is 0. The number of amides is 1. The Morgan fingerprint density at radius 3 is 2.76 bits per heavy atom. The van der Waals surface area contributed by atoms with Crippen molar-refractivity contribution in [2.45, 2.75) is 6.18 Å². The number of halogens is 4. The third-order valence-corrected chi connectivity index (χ3v) is 3.71. The maximum Gasteiger partial charge on any atom is 0.416 e. The summed E-state index contributed by atoms with van der Waals surface area (Å²) in [4.78, 5) is 24.4. The van der Waals surface area contributed by atoms with Crippen molar-refractivity contribution in [2.75, 3.05) is 5.32 Å². The highest BCUT2D eigenvalue weighted by molar-refractivity contribution is 9.10. The smallest absolute Gasteiger partial charge is 0.321 e. The van der Waals surface area contributed by atoms with E-state index in [9.17, 15) is 18.0 Å². The van der Waals surface area contributed by atoms with Crippen LogP contribution in [-0.2, 0) is 6.18 Å². The van der Waals surface area contributed by atoms with Gasteiger partial charge < -0.3 is 5.32 Å². The summed E-state index contributed by atoms with van der Waals surface area (Å²) in [5, 5.41) is 2.40. The molecule has 6 nitrogen and oxygen atoms in total. The van der Waals surface area contributed by atoms with E-state index in [1.807, 2.05) is 0 Å². The van der Waals surface area contributed by atoms with Gasteiger partial charge in [-0.15, -0.1) is 0 Å². The summed E-state index contributed by atoms with van der Waals surface area (Å²) in [6.07, 6.45) is 1.46. The summed E-state index contributed by atoms with van der Waals surface area (Å²) in [5.74, 6) is -0.468. The van der Waals surface area contributed by atoms with Gasteiger partial charge in [0.15, 0.2) is 0 Å². The molecule has 10 heteroatoms. The molecule has 1 amide bonds. The van der Waals surface area contributed by atoms with Gasteiger partial charge in [0.05, 0.1) is 10.0 Å². The Balaban J connectivity index is 1.88. The number of imidazole rings is 1. The second kappa shape index (κ2) is 6.63. The Hall–Kier alpha value is -2.75. The van der Waals surface area contributed by atoms with Crippen molar-refractivity contribution < 1.29 is 18.0 Å². The first kappa shape index (κ1) is 17.1. The molecule has 0 saturated carbocycles. The Kier molecular flexibility index (Phi) is 4.53. The highest BCUT2D eigenvalue weighted by Crippen LogP contribution is 2.30. The van der Waals surface area contributed by atoms with Crippen LogP contribution < -0.4 is 5.32 Å². The second-order valence-electron chi connectivity index (χ2n) is 4.87. The van der Waals surface area contributed by atoms with Gasteiger partial charge >= 0.3 is 6.18 Å². The van der Waals surface area contributed by atoms with E-state index in [1.54, 1.807) is 6.20 Å². The zero-order chi connectivity index (χ0) is 18.0. The van der Waals surface area contributed by atoms with Gasteiger partial charge in [0.1, 0.15) is 12.0 Å². The van der Waals surface area contributed by atoms with Crippen molar-refractivity contribution in [3.63, 3.8) is 0 Å². The number of rotatable bonds is 3. The molecule has 0 bridgehead atoms. The number of carbonyl (C=O) groups is 1. The lowest BCUT2D eigenvalue weighted by Crippen LogP contribution is -2.17. The Morgan fingerprint density at radius 2 is 2.08 bits per heavy atom. The molecule has 3 aromatic rings. The predicted molar refractivity (Wildman–Crippen MR) is 86.3 cm³/mol. The van der Waals surface area contributed by atoms with Crippen molar-refractivity contribution in [3.05, 3.63) is 64.9 Å². The van der Waals surface area contributed by atoms with E-state index in [1.165, 1.54) is 35.4 Å². The number of anilines is 1. The molecular formula is C15H9BrF3N5O. The Morgan fingerprint density at radius 1 is 1.28 bits per heavy atom. The lowest BCUT2D eigenvalue weighted by Gasteiger charge is -2.10. The zero-order valence-electron chi connectivity index (χ0n) is 12.3. The van der Waals surface area contributed by atoms with Crippen LogP contribution in [0.4, 0.5) is 18.9 Å². The van der Waals surface area contributed by atoms with Crippen molar-refractivity contribution in [1.29, 1.82) is 0 Å². The van der Waals surface area contributed by atoms with Crippen LogP contribution in [-0.4, -0.2) is 25.4 Å². The van der Waals surface area contributed by atoms with Crippen LogP contribution in [0.3, 0.4) is 0 Å². The van der Waals surface area contributed by atoms with E-state index < -0.39 is 17.6 Å². The van der Waals surface area contributed by atoms with Crippen LogP contribution >= 0.6 is 15.9 Å². The number of aromatic nitrogens is 4. The first-order valence-electron chi connectivity index (χ1n) is 6.84. The maximum atomic E-state index is 12.8. The number of nitrogens with zero attached hydrogens (tertiary/aromatic N) is 4. The van der Waals surface area contributed by atoms with Crippen molar-refractivity contribution in [3.8, 4) is 5.95 Å². The first-order chi connectivity index (χ1) is 11.8. The van der Waals surface area contributed by atoms with E-state index in [4.69, 9.17) is 0 Å². The van der Waals surface area contributed by atoms with Gasteiger partial charge in [-0.3, -0.25) is 9.36 Å². The first-order valence-corrected chi connectivity index (χ1v) is 7.63. The van der Waals surface area contributed by atoms with Crippen LogP contribution in [0.5, 0.6) is 0 Å². The summed E-state index contributed by atoms with van der Waals surface area (Å²) >= 11 is 3.16. The van der Waals surface area contributed by atoms with Gasteiger partial charge in [-0.2, -0.15) is 13.2 Å². The minimum atomic E-state index is -4.50. The third-order valence-electron chi connectivity index (χ3n) is 3.13. The average molecular weight is 412 g/mol. The van der Waals surface area contributed by atoms with E-state index in [0.717, 1.165) is 12.1 Å². The molecule has 128 valence electrons. The standard InChI is InChI=1S/C15H9BrF3N5O/c16-11-7-21-14(24-5-4-20-8-24)23-12(11)13(25)22-10-3-1-2-9(6-10)15(17,18)19/h1-8H,(H,22,25). The van der Waals surface area contributed by atoms with Crippen LogP contribution in [0, 0.1) is 0 Å². The Labute approximate surface area is 147 Å². The number of carbonyl (C=O) groups excluding carboxylic acids is 1. The molecule has 25 heavy (non-hydrogen) atoms. The molecule has 0 aliphatic rings. The molecule has 0 saturated heterocycles. The fraction of sp³-hybridized carbons (Fsp3) is 0.0667. The summed E-state index contributed by atoms with van der Waals surface area (Å²) in [6, 6.07) is 4.35. The normalized spacial score (nSPS) is 11.4. The lowest BCUT2D eigenvalue weighted by atomic mass is 10.2. The number of alkyl halides is 3. The fourth-order valence-electron chi connectivity index (χ4n) is 1.98. The van der Waals surface area contributed by atoms with Gasteiger partial charge in [0, 0.05) is 24.3 Å². The number of benzene rings is 1.